The fourth-order valence-electron chi connectivity index (χ4n) is 2.65. The van der Waals surface area contributed by atoms with Crippen LogP contribution in [0.5, 0.6) is 0 Å². The van der Waals surface area contributed by atoms with Crippen molar-refractivity contribution < 1.29 is 13.2 Å². The number of imidazole rings is 1. The number of fused-ring (bicyclic) bond motifs is 1. The molecule has 4 nitrogen and oxygen atoms in total. The molecule has 0 unspecified atom stereocenters. The maximum absolute atomic E-state index is 12.9. The molecule has 0 saturated heterocycles. The van der Waals surface area contributed by atoms with Crippen LogP contribution in [0.1, 0.15) is 36.4 Å². The van der Waals surface area contributed by atoms with Crippen LogP contribution in [0.15, 0.2) is 17.3 Å². The summed E-state index contributed by atoms with van der Waals surface area (Å²) in [5.41, 5.74) is -0.0405. The highest BCUT2D eigenvalue weighted by Gasteiger charge is 2.33. The molecule has 0 amide bonds. The van der Waals surface area contributed by atoms with Gasteiger partial charge < -0.3 is 4.57 Å². The number of hydrogen-bond acceptors (Lipinski definition) is 5. The molecule has 0 atom stereocenters. The Balaban J connectivity index is 1.85. The van der Waals surface area contributed by atoms with E-state index >= 15 is 0 Å². The predicted octanol–water partition coefficient (Wildman–Crippen LogP) is 5.10. The molecule has 0 spiro atoms. The molecule has 132 valence electrons. The molecule has 4 rings (SSSR count). The van der Waals surface area contributed by atoms with E-state index in [1.54, 1.807) is 34.7 Å². The lowest BCUT2D eigenvalue weighted by Gasteiger charge is -2.04. The van der Waals surface area contributed by atoms with Crippen LogP contribution in [0, 0.1) is 0 Å². The van der Waals surface area contributed by atoms with Gasteiger partial charge in [0, 0.05) is 13.0 Å². The standard InChI is InChI=1S/C16H15F3N4S2/c1-3-24-15-12(25-14(22-15)8-4-5-8)13-21-9-6-11(16(17,18)19)20-7-10(9)23(13)2/h6-8H,3-5H2,1-2H3. The van der Waals surface area contributed by atoms with Crippen LogP contribution in [0.25, 0.3) is 21.7 Å². The Morgan fingerprint density at radius 2 is 2.08 bits per heavy atom. The average Bonchev–Trinajstić information content (AvgIpc) is 3.25. The molecule has 0 aromatic carbocycles. The lowest BCUT2D eigenvalue weighted by molar-refractivity contribution is -0.141. The van der Waals surface area contributed by atoms with Crippen molar-refractivity contribution in [3.63, 3.8) is 0 Å². The summed E-state index contributed by atoms with van der Waals surface area (Å²) in [6.07, 6.45) is -0.919. The van der Waals surface area contributed by atoms with Crippen molar-refractivity contribution in [3.05, 3.63) is 23.0 Å². The van der Waals surface area contributed by atoms with Gasteiger partial charge in [0.2, 0.25) is 0 Å². The van der Waals surface area contributed by atoms with Crippen molar-refractivity contribution in [2.24, 2.45) is 7.05 Å². The third-order valence-electron chi connectivity index (χ3n) is 4.08. The third-order valence-corrected chi connectivity index (χ3v) is 6.28. The Labute approximate surface area is 150 Å². The number of aromatic nitrogens is 4. The van der Waals surface area contributed by atoms with E-state index in [2.05, 4.69) is 16.9 Å². The third kappa shape index (κ3) is 3.03. The number of nitrogens with zero attached hydrogens (tertiary/aromatic N) is 4. The van der Waals surface area contributed by atoms with Gasteiger partial charge in [-0.25, -0.2) is 15.0 Å². The largest absolute Gasteiger partial charge is 0.433 e. The molecule has 1 aliphatic carbocycles. The first-order valence-corrected chi connectivity index (χ1v) is 9.72. The van der Waals surface area contributed by atoms with E-state index in [4.69, 9.17) is 4.98 Å². The summed E-state index contributed by atoms with van der Waals surface area (Å²) in [6.45, 7) is 2.05. The Hall–Kier alpha value is -1.61. The Kier molecular flexibility index (Phi) is 4.03. The second kappa shape index (κ2) is 5.98. The first-order valence-electron chi connectivity index (χ1n) is 7.92. The van der Waals surface area contributed by atoms with Crippen LogP contribution in [-0.4, -0.2) is 25.3 Å². The molecule has 0 bridgehead atoms. The highest BCUT2D eigenvalue weighted by Crippen LogP contribution is 2.46. The summed E-state index contributed by atoms with van der Waals surface area (Å²) >= 11 is 3.24. The zero-order chi connectivity index (χ0) is 17.8. The van der Waals surface area contributed by atoms with E-state index in [-0.39, 0.29) is 0 Å². The number of thioether (sulfide) groups is 1. The number of aryl methyl sites for hydroxylation is 1. The molecule has 3 aromatic rings. The minimum Gasteiger partial charge on any atom is -0.325 e. The maximum atomic E-state index is 12.9. The minimum absolute atomic E-state index is 0.300. The molecule has 0 radical (unpaired) electrons. The van der Waals surface area contributed by atoms with Crippen LogP contribution < -0.4 is 0 Å². The molecular weight excluding hydrogens is 369 g/mol. The van der Waals surface area contributed by atoms with E-state index in [0.717, 1.165) is 39.6 Å². The summed E-state index contributed by atoms with van der Waals surface area (Å²) in [5, 5.41) is 2.02. The molecule has 0 N–H and O–H groups in total. The topological polar surface area (TPSA) is 43.6 Å². The van der Waals surface area contributed by atoms with Crippen LogP contribution >= 0.6 is 23.1 Å². The molecule has 1 aliphatic rings. The number of hydrogen-bond donors (Lipinski definition) is 0. The predicted molar refractivity (Wildman–Crippen MR) is 93.0 cm³/mol. The summed E-state index contributed by atoms with van der Waals surface area (Å²) in [4.78, 5) is 13.7. The number of rotatable bonds is 4. The van der Waals surface area contributed by atoms with Crippen LogP contribution in [0.4, 0.5) is 13.2 Å². The fourth-order valence-corrected chi connectivity index (χ4v) is 4.82. The van der Waals surface area contributed by atoms with Gasteiger partial charge in [0.05, 0.1) is 22.2 Å². The van der Waals surface area contributed by atoms with Crippen molar-refractivity contribution in [2.45, 2.75) is 36.9 Å². The molecule has 1 saturated carbocycles. The number of thiazole rings is 1. The smallest absolute Gasteiger partial charge is 0.325 e. The van der Waals surface area contributed by atoms with E-state index in [0.29, 0.717) is 22.8 Å². The van der Waals surface area contributed by atoms with Gasteiger partial charge in [0.25, 0.3) is 0 Å². The molecule has 1 fully saturated rings. The molecule has 3 aromatic heterocycles. The molecule has 25 heavy (non-hydrogen) atoms. The summed E-state index contributed by atoms with van der Waals surface area (Å²) in [7, 11) is 1.80. The second-order valence-electron chi connectivity index (χ2n) is 5.94. The van der Waals surface area contributed by atoms with Gasteiger partial charge in [-0.15, -0.1) is 23.1 Å². The van der Waals surface area contributed by atoms with E-state index < -0.39 is 11.9 Å². The van der Waals surface area contributed by atoms with Crippen molar-refractivity contribution in [2.75, 3.05) is 5.75 Å². The van der Waals surface area contributed by atoms with Gasteiger partial charge in [-0.2, -0.15) is 13.2 Å². The normalized spacial score (nSPS) is 15.2. The zero-order valence-corrected chi connectivity index (χ0v) is 15.2. The Morgan fingerprint density at radius 1 is 1.32 bits per heavy atom. The van der Waals surface area contributed by atoms with Crippen LogP contribution in [-0.2, 0) is 13.2 Å². The van der Waals surface area contributed by atoms with Crippen molar-refractivity contribution in [1.29, 1.82) is 0 Å². The summed E-state index contributed by atoms with van der Waals surface area (Å²) in [5.74, 6) is 2.06. The summed E-state index contributed by atoms with van der Waals surface area (Å²) in [6, 6.07) is 1.01. The van der Waals surface area contributed by atoms with Crippen LogP contribution in [0.2, 0.25) is 0 Å². The first-order chi connectivity index (χ1) is 11.9. The minimum atomic E-state index is -4.47. The fraction of sp³-hybridized carbons (Fsp3) is 0.438. The second-order valence-corrected chi connectivity index (χ2v) is 8.23. The molecule has 0 aliphatic heterocycles. The van der Waals surface area contributed by atoms with Crippen molar-refractivity contribution in [1.82, 2.24) is 19.5 Å². The molecular formula is C16H15F3N4S2. The highest BCUT2D eigenvalue weighted by molar-refractivity contribution is 7.99. The lowest BCUT2D eigenvalue weighted by atomic mass is 10.3. The van der Waals surface area contributed by atoms with Gasteiger partial charge >= 0.3 is 6.18 Å². The zero-order valence-electron chi connectivity index (χ0n) is 13.6. The van der Waals surface area contributed by atoms with Crippen LogP contribution in [0.3, 0.4) is 0 Å². The monoisotopic (exact) mass is 384 g/mol. The van der Waals surface area contributed by atoms with E-state index in [1.807, 2.05) is 0 Å². The molecule has 9 heteroatoms. The SMILES string of the molecule is CCSc1nc(C2CC2)sc1-c1nc2cc(C(F)(F)F)ncc2n1C. The van der Waals surface area contributed by atoms with E-state index in [9.17, 15) is 13.2 Å². The van der Waals surface area contributed by atoms with Gasteiger partial charge in [0.1, 0.15) is 15.6 Å². The first kappa shape index (κ1) is 16.8. The Bertz CT molecular complexity index is 941. The van der Waals surface area contributed by atoms with Crippen molar-refractivity contribution >= 4 is 34.1 Å². The van der Waals surface area contributed by atoms with Gasteiger partial charge in [-0.05, 0) is 24.7 Å². The molecule has 3 heterocycles. The average molecular weight is 384 g/mol. The Morgan fingerprint density at radius 3 is 2.72 bits per heavy atom. The summed E-state index contributed by atoms with van der Waals surface area (Å²) < 4.78 is 40.5. The maximum Gasteiger partial charge on any atom is 0.433 e. The number of pyridine rings is 1. The number of halogens is 3. The van der Waals surface area contributed by atoms with Gasteiger partial charge in [-0.3, -0.25) is 0 Å². The van der Waals surface area contributed by atoms with Crippen molar-refractivity contribution in [3.8, 4) is 10.7 Å². The number of alkyl halides is 3. The highest BCUT2D eigenvalue weighted by atomic mass is 32.2. The lowest BCUT2D eigenvalue weighted by Crippen LogP contribution is -2.07. The quantitative estimate of drug-likeness (QED) is 0.587. The van der Waals surface area contributed by atoms with Gasteiger partial charge in [0.15, 0.2) is 5.82 Å². The van der Waals surface area contributed by atoms with Gasteiger partial charge in [-0.1, -0.05) is 6.92 Å². The van der Waals surface area contributed by atoms with E-state index in [1.165, 1.54) is 6.20 Å².